The third-order valence-corrected chi connectivity index (χ3v) is 5.70. The molecular weight excluding hydrogens is 471 g/mol. The Balaban J connectivity index is 1.94. The molecule has 1 N–H and O–H groups in total. The average molecular weight is 485 g/mol. The van der Waals surface area contributed by atoms with Gasteiger partial charge in [-0.1, -0.05) is 29.8 Å². The summed E-state index contributed by atoms with van der Waals surface area (Å²) < 4.78 is 71.0. The van der Waals surface area contributed by atoms with Gasteiger partial charge in [-0.3, -0.25) is 4.79 Å². The van der Waals surface area contributed by atoms with E-state index in [9.17, 15) is 31.5 Å². The van der Waals surface area contributed by atoms with Crippen molar-refractivity contribution in [3.8, 4) is 11.3 Å². The molecule has 1 aliphatic carbocycles. The number of nitrogens with zero attached hydrogens (tertiary/aromatic N) is 2. The lowest BCUT2D eigenvalue weighted by Crippen LogP contribution is -2.26. The highest BCUT2D eigenvalue weighted by Gasteiger charge is 2.44. The van der Waals surface area contributed by atoms with E-state index in [-0.39, 0.29) is 35.4 Å². The van der Waals surface area contributed by atoms with E-state index in [1.54, 1.807) is 0 Å². The Bertz CT molecular complexity index is 1270. The second kappa shape index (κ2) is 7.95. The van der Waals surface area contributed by atoms with E-state index in [4.69, 9.17) is 16.7 Å². The Morgan fingerprint density at radius 2 is 1.76 bits per heavy atom. The first-order valence-electron chi connectivity index (χ1n) is 9.66. The van der Waals surface area contributed by atoms with Gasteiger partial charge in [0.25, 0.3) is 11.8 Å². The predicted octanol–water partition coefficient (Wildman–Crippen LogP) is 6.04. The Morgan fingerprint density at radius 1 is 1.09 bits per heavy atom. The maximum atomic E-state index is 14.9. The van der Waals surface area contributed by atoms with E-state index in [0.29, 0.717) is 10.7 Å². The smallest absolute Gasteiger partial charge is 0.417 e. The molecule has 11 heteroatoms. The van der Waals surface area contributed by atoms with Crippen LogP contribution in [0.3, 0.4) is 0 Å². The second-order valence-electron chi connectivity index (χ2n) is 7.49. The Morgan fingerprint density at radius 3 is 2.36 bits per heavy atom. The maximum Gasteiger partial charge on any atom is 0.417 e. The van der Waals surface area contributed by atoms with E-state index in [1.807, 2.05) is 0 Å². The van der Waals surface area contributed by atoms with Gasteiger partial charge < -0.3 is 5.11 Å². The van der Waals surface area contributed by atoms with Gasteiger partial charge in [-0.15, -0.1) is 0 Å². The number of aromatic carboxylic acids is 1. The van der Waals surface area contributed by atoms with Gasteiger partial charge in [0.15, 0.2) is 0 Å². The number of aromatic nitrogens is 2. The summed E-state index contributed by atoms with van der Waals surface area (Å²) in [6, 6.07) is 7.67. The van der Waals surface area contributed by atoms with Gasteiger partial charge in [-0.2, -0.15) is 23.0 Å². The van der Waals surface area contributed by atoms with Crippen LogP contribution in [0.5, 0.6) is 0 Å². The van der Waals surface area contributed by atoms with Crippen molar-refractivity contribution in [2.24, 2.45) is 0 Å². The van der Waals surface area contributed by atoms with Gasteiger partial charge in [0.1, 0.15) is 5.69 Å². The molecular formula is C22H14ClF5N2O3. The van der Waals surface area contributed by atoms with Crippen LogP contribution in [0.2, 0.25) is 5.02 Å². The molecule has 0 radical (unpaired) electrons. The standard InChI is InChI=1S/C22H14ClF5N2O3/c23-14-4-1-3-13(22(26,27)28)16(14)19(31)30-15-5-2-10-21(24,25)17(15)18(29-30)11-6-8-12(9-7-11)20(32)33/h1,3-4,6-9H,2,5,10H2,(H,32,33). The number of carboxylic acids is 1. The van der Waals surface area contributed by atoms with Crippen LogP contribution in [0.4, 0.5) is 22.0 Å². The molecule has 0 bridgehead atoms. The number of alkyl halides is 5. The summed E-state index contributed by atoms with van der Waals surface area (Å²) in [6.07, 6.45) is -5.46. The molecule has 3 aromatic rings. The van der Waals surface area contributed by atoms with Crippen LogP contribution in [-0.2, 0) is 18.5 Å². The fraction of sp³-hybridized carbons (Fsp3) is 0.227. The van der Waals surface area contributed by atoms with E-state index >= 15 is 0 Å². The molecule has 0 amide bonds. The fourth-order valence-corrected chi connectivity index (χ4v) is 4.15. The van der Waals surface area contributed by atoms with Crippen molar-refractivity contribution in [1.29, 1.82) is 0 Å². The Labute approximate surface area is 188 Å². The molecule has 0 saturated carbocycles. The SMILES string of the molecule is O=C(O)c1ccc(-c2nn(C(=O)c3c(Cl)cccc3C(F)(F)F)c3c2C(F)(F)CCC3)cc1. The van der Waals surface area contributed by atoms with Gasteiger partial charge in [0, 0.05) is 12.0 Å². The first-order chi connectivity index (χ1) is 15.4. The number of carboxylic acid groups (broad SMARTS) is 1. The van der Waals surface area contributed by atoms with Gasteiger partial charge in [-0.25, -0.2) is 13.6 Å². The molecule has 1 heterocycles. The second-order valence-corrected chi connectivity index (χ2v) is 7.90. The third-order valence-electron chi connectivity index (χ3n) is 5.38. The highest BCUT2D eigenvalue weighted by molar-refractivity contribution is 6.34. The van der Waals surface area contributed by atoms with Gasteiger partial charge in [0.05, 0.1) is 33.0 Å². The highest BCUT2D eigenvalue weighted by atomic mass is 35.5. The molecule has 0 aliphatic heterocycles. The largest absolute Gasteiger partial charge is 0.478 e. The van der Waals surface area contributed by atoms with Crippen LogP contribution in [0.25, 0.3) is 11.3 Å². The molecule has 33 heavy (non-hydrogen) atoms. The average Bonchev–Trinajstić information content (AvgIpc) is 3.13. The van der Waals surface area contributed by atoms with Gasteiger partial charge in [0.2, 0.25) is 0 Å². The van der Waals surface area contributed by atoms with Crippen molar-refractivity contribution in [2.45, 2.75) is 31.4 Å². The van der Waals surface area contributed by atoms with E-state index in [1.165, 1.54) is 24.3 Å². The number of hydrogen-bond donors (Lipinski definition) is 1. The van der Waals surface area contributed by atoms with Crippen molar-refractivity contribution in [3.05, 3.63) is 75.4 Å². The molecule has 2 aromatic carbocycles. The number of carbonyl (C=O) groups excluding carboxylic acids is 1. The van der Waals surface area contributed by atoms with Crippen molar-refractivity contribution >= 4 is 23.5 Å². The lowest BCUT2D eigenvalue weighted by molar-refractivity contribution is -0.137. The summed E-state index contributed by atoms with van der Waals surface area (Å²) in [4.78, 5) is 24.3. The number of rotatable bonds is 3. The zero-order valence-corrected chi connectivity index (χ0v) is 17.3. The summed E-state index contributed by atoms with van der Waals surface area (Å²) in [7, 11) is 0. The minimum atomic E-state index is -4.91. The molecule has 1 aliphatic rings. The number of halogens is 6. The lowest BCUT2D eigenvalue weighted by atomic mass is 9.90. The van der Waals surface area contributed by atoms with E-state index in [2.05, 4.69) is 5.10 Å². The number of hydrogen-bond acceptors (Lipinski definition) is 3. The number of fused-ring (bicyclic) bond motifs is 1. The zero-order chi connectivity index (χ0) is 24.1. The number of benzene rings is 2. The lowest BCUT2D eigenvalue weighted by Gasteiger charge is -2.23. The molecule has 0 atom stereocenters. The van der Waals surface area contributed by atoms with E-state index < -0.39 is 52.1 Å². The van der Waals surface area contributed by atoms with E-state index in [0.717, 1.165) is 12.1 Å². The van der Waals surface area contributed by atoms with Crippen LogP contribution in [0.1, 0.15) is 50.4 Å². The number of carbonyl (C=O) groups is 2. The molecule has 4 rings (SSSR count). The minimum Gasteiger partial charge on any atom is -0.478 e. The molecule has 1 aromatic heterocycles. The molecule has 0 fully saturated rings. The fourth-order valence-electron chi connectivity index (χ4n) is 3.90. The molecule has 0 saturated heterocycles. The first kappa shape index (κ1) is 22.9. The maximum absolute atomic E-state index is 14.9. The monoisotopic (exact) mass is 484 g/mol. The molecule has 172 valence electrons. The molecule has 5 nitrogen and oxygen atoms in total. The Hall–Kier alpha value is -3.27. The van der Waals surface area contributed by atoms with Crippen molar-refractivity contribution in [2.75, 3.05) is 0 Å². The zero-order valence-electron chi connectivity index (χ0n) is 16.6. The summed E-state index contributed by atoms with van der Waals surface area (Å²) >= 11 is 5.92. The molecule has 0 unspecified atom stereocenters. The minimum absolute atomic E-state index is 0.00891. The van der Waals surface area contributed by atoms with Crippen molar-refractivity contribution in [3.63, 3.8) is 0 Å². The first-order valence-corrected chi connectivity index (χ1v) is 10.0. The quantitative estimate of drug-likeness (QED) is 0.460. The summed E-state index contributed by atoms with van der Waals surface area (Å²) in [6.45, 7) is 0. The topological polar surface area (TPSA) is 72.2 Å². The predicted molar refractivity (Wildman–Crippen MR) is 108 cm³/mol. The van der Waals surface area contributed by atoms with Crippen LogP contribution < -0.4 is 0 Å². The molecule has 0 spiro atoms. The summed E-state index contributed by atoms with van der Waals surface area (Å²) in [5.41, 5.74) is -3.27. The van der Waals surface area contributed by atoms with Crippen molar-refractivity contribution in [1.82, 2.24) is 9.78 Å². The highest BCUT2D eigenvalue weighted by Crippen LogP contribution is 2.45. The normalized spacial score (nSPS) is 15.2. The van der Waals surface area contributed by atoms with Crippen LogP contribution in [0, 0.1) is 0 Å². The van der Waals surface area contributed by atoms with Crippen molar-refractivity contribution < 1.29 is 36.6 Å². The van der Waals surface area contributed by atoms with Gasteiger partial charge in [-0.05, 0) is 37.1 Å². The van der Waals surface area contributed by atoms with Crippen LogP contribution in [-0.4, -0.2) is 26.8 Å². The Kier molecular flexibility index (Phi) is 5.52. The van der Waals surface area contributed by atoms with Crippen LogP contribution in [0.15, 0.2) is 42.5 Å². The van der Waals surface area contributed by atoms with Crippen LogP contribution >= 0.6 is 11.6 Å². The summed E-state index contributed by atoms with van der Waals surface area (Å²) in [5.74, 6) is -5.90. The third kappa shape index (κ3) is 3.99. The van der Waals surface area contributed by atoms with Gasteiger partial charge >= 0.3 is 12.1 Å². The summed E-state index contributed by atoms with van der Waals surface area (Å²) in [5, 5.41) is 12.5.